The fourth-order valence-corrected chi connectivity index (χ4v) is 2.04. The molecule has 0 atom stereocenters. The topological polar surface area (TPSA) is 41.6 Å². The standard InChI is InChI=1S/C14H20N2O2/c1-2-15-14(17)13-5-3-12(4-6-13)11-16-7-9-18-10-8-16/h3-6H,2,7-11H2,1H3,(H,15,17). The van der Waals surface area contributed by atoms with Gasteiger partial charge in [0.15, 0.2) is 0 Å². The Morgan fingerprint density at radius 3 is 2.56 bits per heavy atom. The van der Waals surface area contributed by atoms with Gasteiger partial charge in [-0.15, -0.1) is 0 Å². The van der Waals surface area contributed by atoms with Crippen LogP contribution in [0.1, 0.15) is 22.8 Å². The quantitative estimate of drug-likeness (QED) is 0.872. The highest BCUT2D eigenvalue weighted by molar-refractivity contribution is 5.94. The lowest BCUT2D eigenvalue weighted by molar-refractivity contribution is 0.0342. The molecule has 1 amide bonds. The van der Waals surface area contributed by atoms with Crippen LogP contribution in [-0.2, 0) is 11.3 Å². The van der Waals surface area contributed by atoms with Gasteiger partial charge >= 0.3 is 0 Å². The highest BCUT2D eigenvalue weighted by Gasteiger charge is 2.11. The lowest BCUT2D eigenvalue weighted by Crippen LogP contribution is -2.35. The molecular weight excluding hydrogens is 228 g/mol. The van der Waals surface area contributed by atoms with Crippen molar-refractivity contribution in [2.45, 2.75) is 13.5 Å². The molecule has 0 saturated carbocycles. The van der Waals surface area contributed by atoms with Crippen molar-refractivity contribution in [1.82, 2.24) is 10.2 Å². The Morgan fingerprint density at radius 2 is 1.94 bits per heavy atom. The van der Waals surface area contributed by atoms with Crippen LogP contribution in [0.15, 0.2) is 24.3 Å². The minimum absolute atomic E-state index is 0.00424. The molecule has 1 saturated heterocycles. The first-order chi connectivity index (χ1) is 8.79. The maximum Gasteiger partial charge on any atom is 0.251 e. The van der Waals surface area contributed by atoms with Crippen LogP contribution in [0.25, 0.3) is 0 Å². The van der Waals surface area contributed by atoms with E-state index in [4.69, 9.17) is 4.74 Å². The number of amides is 1. The van der Waals surface area contributed by atoms with Crippen molar-refractivity contribution in [3.05, 3.63) is 35.4 Å². The number of nitrogens with zero attached hydrogens (tertiary/aromatic N) is 1. The summed E-state index contributed by atoms with van der Waals surface area (Å²) < 4.78 is 5.32. The molecule has 1 aliphatic heterocycles. The molecule has 1 aromatic rings. The van der Waals surface area contributed by atoms with Crippen LogP contribution in [-0.4, -0.2) is 43.7 Å². The van der Waals surface area contributed by atoms with Gasteiger partial charge in [-0.25, -0.2) is 0 Å². The second kappa shape index (κ2) is 6.52. The summed E-state index contributed by atoms with van der Waals surface area (Å²) in [5.74, 6) is -0.00424. The van der Waals surface area contributed by atoms with E-state index in [-0.39, 0.29) is 5.91 Å². The Morgan fingerprint density at radius 1 is 1.28 bits per heavy atom. The van der Waals surface area contributed by atoms with Gasteiger partial charge in [-0.05, 0) is 24.6 Å². The van der Waals surface area contributed by atoms with E-state index in [1.54, 1.807) is 0 Å². The number of hydrogen-bond acceptors (Lipinski definition) is 3. The van der Waals surface area contributed by atoms with Crippen LogP contribution in [0.2, 0.25) is 0 Å². The number of carbonyl (C=O) groups excluding carboxylic acids is 1. The third kappa shape index (κ3) is 3.55. The zero-order valence-electron chi connectivity index (χ0n) is 10.8. The lowest BCUT2D eigenvalue weighted by atomic mass is 10.1. The molecule has 1 N–H and O–H groups in total. The number of ether oxygens (including phenoxy) is 1. The van der Waals surface area contributed by atoms with Crippen LogP contribution in [0, 0.1) is 0 Å². The average molecular weight is 248 g/mol. The van der Waals surface area contributed by atoms with Crippen molar-refractivity contribution >= 4 is 5.91 Å². The monoisotopic (exact) mass is 248 g/mol. The fraction of sp³-hybridized carbons (Fsp3) is 0.500. The number of hydrogen-bond donors (Lipinski definition) is 1. The molecule has 0 bridgehead atoms. The van der Waals surface area contributed by atoms with Gasteiger partial charge in [0.25, 0.3) is 5.91 Å². The van der Waals surface area contributed by atoms with Gasteiger partial charge in [0.05, 0.1) is 13.2 Å². The molecule has 1 aliphatic rings. The lowest BCUT2D eigenvalue weighted by Gasteiger charge is -2.26. The van der Waals surface area contributed by atoms with Crippen molar-refractivity contribution in [1.29, 1.82) is 0 Å². The van der Waals surface area contributed by atoms with E-state index in [9.17, 15) is 4.79 Å². The molecule has 4 heteroatoms. The molecule has 1 aromatic carbocycles. The summed E-state index contributed by atoms with van der Waals surface area (Å²) in [4.78, 5) is 14.0. The Bertz CT molecular complexity index is 383. The largest absolute Gasteiger partial charge is 0.379 e. The van der Waals surface area contributed by atoms with E-state index in [1.165, 1.54) is 5.56 Å². The van der Waals surface area contributed by atoms with Gasteiger partial charge in [0, 0.05) is 31.7 Å². The number of morpholine rings is 1. The number of nitrogens with one attached hydrogen (secondary N) is 1. The van der Waals surface area contributed by atoms with Crippen molar-refractivity contribution in [3.63, 3.8) is 0 Å². The van der Waals surface area contributed by atoms with Gasteiger partial charge in [-0.1, -0.05) is 12.1 Å². The molecule has 1 heterocycles. The molecule has 0 unspecified atom stereocenters. The Labute approximate surface area is 108 Å². The first-order valence-corrected chi connectivity index (χ1v) is 6.47. The summed E-state index contributed by atoms with van der Waals surface area (Å²) in [6.45, 7) is 7.11. The summed E-state index contributed by atoms with van der Waals surface area (Å²) in [6, 6.07) is 7.83. The SMILES string of the molecule is CCNC(=O)c1ccc(CN2CCOCC2)cc1. The summed E-state index contributed by atoms with van der Waals surface area (Å²) in [7, 11) is 0. The van der Waals surface area contributed by atoms with E-state index in [1.807, 2.05) is 31.2 Å². The molecule has 4 nitrogen and oxygen atoms in total. The van der Waals surface area contributed by atoms with E-state index < -0.39 is 0 Å². The average Bonchev–Trinajstić information content (AvgIpc) is 2.41. The maximum absolute atomic E-state index is 11.6. The Kier molecular flexibility index (Phi) is 4.73. The molecule has 18 heavy (non-hydrogen) atoms. The van der Waals surface area contributed by atoms with Gasteiger partial charge in [0.1, 0.15) is 0 Å². The van der Waals surface area contributed by atoms with Gasteiger partial charge in [-0.2, -0.15) is 0 Å². The van der Waals surface area contributed by atoms with Gasteiger partial charge in [0.2, 0.25) is 0 Å². The van der Waals surface area contributed by atoms with E-state index in [0.29, 0.717) is 6.54 Å². The summed E-state index contributed by atoms with van der Waals surface area (Å²) in [5.41, 5.74) is 1.97. The van der Waals surface area contributed by atoms with E-state index in [0.717, 1.165) is 38.4 Å². The van der Waals surface area contributed by atoms with Crippen molar-refractivity contribution in [2.75, 3.05) is 32.8 Å². The minimum Gasteiger partial charge on any atom is -0.379 e. The van der Waals surface area contributed by atoms with Gasteiger partial charge in [-0.3, -0.25) is 9.69 Å². The van der Waals surface area contributed by atoms with Crippen molar-refractivity contribution in [2.24, 2.45) is 0 Å². The second-order valence-corrected chi connectivity index (χ2v) is 4.44. The number of benzene rings is 1. The first-order valence-electron chi connectivity index (χ1n) is 6.47. The molecule has 0 radical (unpaired) electrons. The normalized spacial score (nSPS) is 16.5. The molecule has 98 valence electrons. The molecular formula is C14H20N2O2. The molecule has 2 rings (SSSR count). The van der Waals surface area contributed by atoms with Crippen LogP contribution in [0.4, 0.5) is 0 Å². The third-order valence-corrected chi connectivity index (χ3v) is 3.06. The molecule has 0 aliphatic carbocycles. The van der Waals surface area contributed by atoms with Crippen molar-refractivity contribution < 1.29 is 9.53 Å². The van der Waals surface area contributed by atoms with E-state index in [2.05, 4.69) is 10.2 Å². The fourth-order valence-electron chi connectivity index (χ4n) is 2.04. The zero-order valence-corrected chi connectivity index (χ0v) is 10.8. The highest BCUT2D eigenvalue weighted by Crippen LogP contribution is 2.09. The molecule has 0 aromatic heterocycles. The molecule has 1 fully saturated rings. The Hall–Kier alpha value is -1.39. The number of rotatable bonds is 4. The van der Waals surface area contributed by atoms with Crippen LogP contribution < -0.4 is 5.32 Å². The van der Waals surface area contributed by atoms with Crippen LogP contribution in [0.5, 0.6) is 0 Å². The van der Waals surface area contributed by atoms with Gasteiger partial charge < -0.3 is 10.1 Å². The Balaban J connectivity index is 1.92. The van der Waals surface area contributed by atoms with E-state index >= 15 is 0 Å². The second-order valence-electron chi connectivity index (χ2n) is 4.44. The number of carbonyl (C=O) groups is 1. The summed E-state index contributed by atoms with van der Waals surface area (Å²) in [6.07, 6.45) is 0. The van der Waals surface area contributed by atoms with Crippen LogP contribution in [0.3, 0.4) is 0 Å². The zero-order chi connectivity index (χ0) is 12.8. The molecule has 0 spiro atoms. The van der Waals surface area contributed by atoms with Crippen molar-refractivity contribution in [3.8, 4) is 0 Å². The first kappa shape index (κ1) is 13.1. The predicted molar refractivity (Wildman–Crippen MR) is 70.5 cm³/mol. The van der Waals surface area contributed by atoms with Crippen LogP contribution >= 0.6 is 0 Å². The smallest absolute Gasteiger partial charge is 0.251 e. The highest BCUT2D eigenvalue weighted by atomic mass is 16.5. The third-order valence-electron chi connectivity index (χ3n) is 3.06. The maximum atomic E-state index is 11.6. The predicted octanol–water partition coefficient (Wildman–Crippen LogP) is 1.27. The summed E-state index contributed by atoms with van der Waals surface area (Å²) >= 11 is 0. The minimum atomic E-state index is -0.00424. The summed E-state index contributed by atoms with van der Waals surface area (Å²) in [5, 5.41) is 2.80.